The summed E-state index contributed by atoms with van der Waals surface area (Å²) in [4.78, 5) is 11.1. The third kappa shape index (κ3) is 4.40. The third-order valence-electron chi connectivity index (χ3n) is 2.91. The molecule has 100 valence electrons. The Labute approximate surface area is 109 Å². The van der Waals surface area contributed by atoms with Crippen molar-refractivity contribution in [3.8, 4) is 5.75 Å². The van der Waals surface area contributed by atoms with Crippen LogP contribution in [0.25, 0.3) is 0 Å². The van der Waals surface area contributed by atoms with Crippen molar-refractivity contribution in [3.63, 3.8) is 0 Å². The van der Waals surface area contributed by atoms with Crippen molar-refractivity contribution in [2.24, 2.45) is 11.7 Å². The van der Waals surface area contributed by atoms with Gasteiger partial charge in [-0.2, -0.15) is 0 Å². The molecule has 0 aliphatic carbocycles. The summed E-state index contributed by atoms with van der Waals surface area (Å²) in [6.07, 6.45) is 0.560. The van der Waals surface area contributed by atoms with Gasteiger partial charge in [-0.25, -0.2) is 0 Å². The van der Waals surface area contributed by atoms with E-state index in [4.69, 9.17) is 10.5 Å². The van der Waals surface area contributed by atoms with Crippen molar-refractivity contribution < 1.29 is 9.53 Å². The molecule has 0 aliphatic rings. The van der Waals surface area contributed by atoms with Gasteiger partial charge in [0.2, 0.25) is 5.91 Å². The smallest absolute Gasteiger partial charge is 0.218 e. The minimum Gasteiger partial charge on any atom is -0.491 e. The number of hydrogen-bond donors (Lipinski definition) is 1. The molecule has 0 aromatic heterocycles. The van der Waals surface area contributed by atoms with Crippen LogP contribution in [0.1, 0.15) is 45.6 Å². The van der Waals surface area contributed by atoms with Crippen LogP contribution >= 0.6 is 0 Å². The van der Waals surface area contributed by atoms with Crippen molar-refractivity contribution in [2.75, 3.05) is 0 Å². The Morgan fingerprint density at radius 3 is 2.11 bits per heavy atom. The molecule has 0 spiro atoms. The first-order valence-electron chi connectivity index (χ1n) is 6.45. The van der Waals surface area contributed by atoms with Gasteiger partial charge in [0, 0.05) is 6.42 Å². The Kier molecular flexibility index (Phi) is 5.20. The second-order valence-electron chi connectivity index (χ2n) is 5.26. The lowest BCUT2D eigenvalue weighted by Crippen LogP contribution is -2.18. The fourth-order valence-corrected chi connectivity index (χ4v) is 2.02. The maximum absolute atomic E-state index is 11.1. The second kappa shape index (κ2) is 6.43. The molecule has 1 amide bonds. The number of amides is 1. The van der Waals surface area contributed by atoms with E-state index in [9.17, 15) is 4.79 Å². The van der Waals surface area contributed by atoms with Gasteiger partial charge in [-0.1, -0.05) is 26.0 Å². The highest BCUT2D eigenvalue weighted by Crippen LogP contribution is 2.29. The van der Waals surface area contributed by atoms with Gasteiger partial charge in [-0.3, -0.25) is 4.79 Å². The number of carbonyl (C=O) groups excluding carboxylic acids is 1. The van der Waals surface area contributed by atoms with E-state index in [-0.39, 0.29) is 17.9 Å². The summed E-state index contributed by atoms with van der Waals surface area (Å²) in [6, 6.07) is 7.94. The minimum absolute atomic E-state index is 0.169. The SMILES string of the molecule is CC(C)Oc1ccc(C(CC(N)=O)C(C)C)cc1. The molecule has 1 aromatic carbocycles. The average molecular weight is 249 g/mol. The van der Waals surface area contributed by atoms with E-state index >= 15 is 0 Å². The molecule has 0 aliphatic heterocycles. The van der Waals surface area contributed by atoms with Crippen molar-refractivity contribution in [1.82, 2.24) is 0 Å². The van der Waals surface area contributed by atoms with Crippen LogP contribution in [0.4, 0.5) is 0 Å². The third-order valence-corrected chi connectivity index (χ3v) is 2.91. The van der Waals surface area contributed by atoms with E-state index in [2.05, 4.69) is 13.8 Å². The number of nitrogens with two attached hydrogens (primary N) is 1. The van der Waals surface area contributed by atoms with Crippen LogP contribution in [0, 0.1) is 5.92 Å². The van der Waals surface area contributed by atoms with Crippen LogP contribution in [0.3, 0.4) is 0 Å². The van der Waals surface area contributed by atoms with Crippen molar-refractivity contribution in [3.05, 3.63) is 29.8 Å². The first-order chi connectivity index (χ1) is 8.40. The van der Waals surface area contributed by atoms with E-state index < -0.39 is 0 Å². The topological polar surface area (TPSA) is 52.3 Å². The van der Waals surface area contributed by atoms with E-state index in [0.29, 0.717) is 12.3 Å². The van der Waals surface area contributed by atoms with Gasteiger partial charge in [0.05, 0.1) is 6.10 Å². The molecule has 1 atom stereocenters. The summed E-state index contributed by atoms with van der Waals surface area (Å²) < 4.78 is 5.60. The largest absolute Gasteiger partial charge is 0.491 e. The molecule has 2 N–H and O–H groups in total. The number of carbonyl (C=O) groups is 1. The zero-order valence-electron chi connectivity index (χ0n) is 11.6. The Bertz CT molecular complexity index is 382. The average Bonchev–Trinajstić information content (AvgIpc) is 2.26. The minimum atomic E-state index is -0.254. The van der Waals surface area contributed by atoms with Gasteiger partial charge in [0.15, 0.2) is 0 Å². The van der Waals surface area contributed by atoms with E-state index in [1.54, 1.807) is 0 Å². The predicted molar refractivity (Wildman–Crippen MR) is 73.6 cm³/mol. The van der Waals surface area contributed by atoms with Crippen LogP contribution in [-0.2, 0) is 4.79 Å². The number of ether oxygens (including phenoxy) is 1. The van der Waals surface area contributed by atoms with E-state index in [1.807, 2.05) is 38.1 Å². The van der Waals surface area contributed by atoms with Crippen LogP contribution in [0.15, 0.2) is 24.3 Å². The highest BCUT2D eigenvalue weighted by molar-refractivity contribution is 5.74. The van der Waals surface area contributed by atoms with Gasteiger partial charge >= 0.3 is 0 Å². The molecule has 1 aromatic rings. The molecule has 0 radical (unpaired) electrons. The van der Waals surface area contributed by atoms with Crippen LogP contribution in [0.5, 0.6) is 5.75 Å². The molecule has 0 fully saturated rings. The molecule has 3 nitrogen and oxygen atoms in total. The number of primary amides is 1. The maximum atomic E-state index is 11.1. The maximum Gasteiger partial charge on any atom is 0.218 e. The Hall–Kier alpha value is -1.51. The summed E-state index contributed by atoms with van der Waals surface area (Å²) in [6.45, 7) is 8.20. The first-order valence-corrected chi connectivity index (χ1v) is 6.45. The highest BCUT2D eigenvalue weighted by Gasteiger charge is 2.18. The number of hydrogen-bond acceptors (Lipinski definition) is 2. The summed E-state index contributed by atoms with van der Waals surface area (Å²) in [5.41, 5.74) is 6.44. The molecule has 1 rings (SSSR count). The zero-order chi connectivity index (χ0) is 13.7. The van der Waals surface area contributed by atoms with E-state index in [1.165, 1.54) is 0 Å². The molecular formula is C15H23NO2. The van der Waals surface area contributed by atoms with Gasteiger partial charge in [-0.15, -0.1) is 0 Å². The summed E-state index contributed by atoms with van der Waals surface area (Å²) in [5.74, 6) is 1.16. The van der Waals surface area contributed by atoms with Crippen molar-refractivity contribution >= 4 is 5.91 Å². The van der Waals surface area contributed by atoms with E-state index in [0.717, 1.165) is 11.3 Å². The van der Waals surface area contributed by atoms with Gasteiger partial charge in [0.25, 0.3) is 0 Å². The summed E-state index contributed by atoms with van der Waals surface area (Å²) >= 11 is 0. The zero-order valence-corrected chi connectivity index (χ0v) is 11.6. The number of benzene rings is 1. The molecule has 1 unspecified atom stereocenters. The van der Waals surface area contributed by atoms with Crippen LogP contribution in [-0.4, -0.2) is 12.0 Å². The fourth-order valence-electron chi connectivity index (χ4n) is 2.02. The normalized spacial score (nSPS) is 12.8. The predicted octanol–water partition coefficient (Wildman–Crippen LogP) is 3.09. The van der Waals surface area contributed by atoms with Crippen molar-refractivity contribution in [1.29, 1.82) is 0 Å². The number of rotatable bonds is 6. The summed E-state index contributed by atoms with van der Waals surface area (Å²) in [5, 5.41) is 0. The lowest BCUT2D eigenvalue weighted by Gasteiger charge is -2.20. The lowest BCUT2D eigenvalue weighted by molar-refractivity contribution is -0.118. The molecule has 0 bridgehead atoms. The quantitative estimate of drug-likeness (QED) is 0.842. The highest BCUT2D eigenvalue weighted by atomic mass is 16.5. The van der Waals surface area contributed by atoms with Gasteiger partial charge < -0.3 is 10.5 Å². The Morgan fingerprint density at radius 2 is 1.72 bits per heavy atom. The fraction of sp³-hybridized carbons (Fsp3) is 0.533. The van der Waals surface area contributed by atoms with Gasteiger partial charge in [0.1, 0.15) is 5.75 Å². The standard InChI is InChI=1S/C15H23NO2/c1-10(2)14(9-15(16)17)12-5-7-13(8-6-12)18-11(3)4/h5-8,10-11,14H,9H2,1-4H3,(H2,16,17). The molecule has 0 saturated heterocycles. The molecule has 3 heteroatoms. The van der Waals surface area contributed by atoms with Crippen LogP contribution < -0.4 is 10.5 Å². The Balaban J connectivity index is 2.83. The molecular weight excluding hydrogens is 226 g/mol. The lowest BCUT2D eigenvalue weighted by atomic mass is 9.85. The Morgan fingerprint density at radius 1 is 1.17 bits per heavy atom. The van der Waals surface area contributed by atoms with Crippen LogP contribution in [0.2, 0.25) is 0 Å². The summed E-state index contributed by atoms with van der Waals surface area (Å²) in [7, 11) is 0. The first kappa shape index (κ1) is 14.6. The molecule has 18 heavy (non-hydrogen) atoms. The second-order valence-corrected chi connectivity index (χ2v) is 5.26. The molecule has 0 saturated carbocycles. The van der Waals surface area contributed by atoms with Crippen molar-refractivity contribution in [2.45, 2.75) is 46.1 Å². The van der Waals surface area contributed by atoms with Gasteiger partial charge in [-0.05, 0) is 43.4 Å². The monoisotopic (exact) mass is 249 g/mol. The molecule has 0 heterocycles.